The van der Waals surface area contributed by atoms with Crippen molar-refractivity contribution in [2.24, 2.45) is 0 Å². The van der Waals surface area contributed by atoms with Crippen molar-refractivity contribution < 1.29 is 38.6 Å². The zero-order chi connectivity index (χ0) is 27.6. The van der Waals surface area contributed by atoms with Crippen molar-refractivity contribution in [1.29, 1.82) is 0 Å². The van der Waals surface area contributed by atoms with Crippen molar-refractivity contribution >= 4 is 53.7 Å². The molecule has 1 aromatic rings. The average Bonchev–Trinajstić information content (AvgIpc) is 3.30. The fourth-order valence-corrected chi connectivity index (χ4v) is 3.94. The molecule has 2 rings (SSSR count). The van der Waals surface area contributed by atoms with Gasteiger partial charge in [-0.05, 0) is 32.8 Å². The molecule has 3 atom stereocenters. The van der Waals surface area contributed by atoms with Crippen LogP contribution in [-0.2, 0) is 24.0 Å². The van der Waals surface area contributed by atoms with Crippen molar-refractivity contribution in [2.75, 3.05) is 19.0 Å². The smallest absolute Gasteiger partial charge is 0.305 e. The lowest BCUT2D eigenvalue weighted by Crippen LogP contribution is -2.53. The number of rotatable bonds is 9. The topological polar surface area (TPSA) is 171 Å². The van der Waals surface area contributed by atoms with Gasteiger partial charge in [0.25, 0.3) is 5.91 Å². The number of halogens is 1. The highest BCUT2D eigenvalue weighted by Gasteiger charge is 2.37. The molecule has 36 heavy (non-hydrogen) atoms. The van der Waals surface area contributed by atoms with Crippen molar-refractivity contribution in [1.82, 2.24) is 15.5 Å². The van der Waals surface area contributed by atoms with Gasteiger partial charge in [0.2, 0.25) is 17.7 Å². The summed E-state index contributed by atoms with van der Waals surface area (Å²) >= 11 is 6.17. The second-order valence-electron chi connectivity index (χ2n) is 8.11. The average molecular weight is 527 g/mol. The van der Waals surface area contributed by atoms with E-state index in [1.807, 2.05) is 6.79 Å². The minimum atomic E-state index is -1.04. The number of carbonyl (C=O) groups excluding carboxylic acids is 5. The van der Waals surface area contributed by atoms with Crippen molar-refractivity contribution in [2.45, 2.75) is 58.2 Å². The summed E-state index contributed by atoms with van der Waals surface area (Å²) in [4.78, 5) is 70.0. The van der Waals surface area contributed by atoms with Crippen LogP contribution in [0.5, 0.6) is 5.75 Å². The second-order valence-corrected chi connectivity index (χ2v) is 8.51. The molecule has 198 valence electrons. The van der Waals surface area contributed by atoms with E-state index in [0.29, 0.717) is 19.4 Å². The first-order valence-electron chi connectivity index (χ1n) is 11.0. The summed E-state index contributed by atoms with van der Waals surface area (Å²) in [5, 5.41) is 16.7. The lowest BCUT2D eigenvalue weighted by Gasteiger charge is -2.28. The van der Waals surface area contributed by atoms with Crippen LogP contribution >= 0.6 is 11.6 Å². The van der Waals surface area contributed by atoms with E-state index in [-0.39, 0.29) is 34.4 Å². The molecule has 0 spiro atoms. The molecule has 1 aliphatic rings. The van der Waals surface area contributed by atoms with Crippen molar-refractivity contribution in [3.63, 3.8) is 0 Å². The lowest BCUT2D eigenvalue weighted by molar-refractivity contribution is -0.141. The summed E-state index contributed by atoms with van der Waals surface area (Å²) < 4.78 is 5.24. The third-order valence-electron chi connectivity index (χ3n) is 5.27. The maximum Gasteiger partial charge on any atom is 0.305 e. The van der Waals surface area contributed by atoms with Gasteiger partial charge < -0.3 is 35.5 Å². The third kappa shape index (κ3) is 8.22. The molecule has 1 aliphatic heterocycles. The van der Waals surface area contributed by atoms with Crippen LogP contribution < -0.4 is 20.7 Å². The van der Waals surface area contributed by atoms with Crippen LogP contribution in [0, 0.1) is 0 Å². The van der Waals surface area contributed by atoms with Crippen molar-refractivity contribution in [3.05, 3.63) is 22.7 Å². The third-order valence-corrected chi connectivity index (χ3v) is 5.58. The first-order valence-corrected chi connectivity index (χ1v) is 11.4. The van der Waals surface area contributed by atoms with Crippen LogP contribution in [0.15, 0.2) is 12.1 Å². The van der Waals surface area contributed by atoms with Gasteiger partial charge in [-0.15, -0.1) is 0 Å². The zero-order valence-electron chi connectivity index (χ0n) is 20.6. The fourth-order valence-electron chi connectivity index (χ4n) is 3.73. The first-order chi connectivity index (χ1) is 16.9. The molecule has 4 N–H and O–H groups in total. The van der Waals surface area contributed by atoms with Crippen LogP contribution in [0.1, 0.15) is 50.4 Å². The number of amides is 4. The normalized spacial score (nSPS) is 16.0. The maximum absolute atomic E-state index is 13.0. The molecular weight excluding hydrogens is 496 g/mol. The Hall–Kier alpha value is -3.67. The van der Waals surface area contributed by atoms with E-state index in [4.69, 9.17) is 26.2 Å². The number of aliphatic carboxylic acids is 1. The standard InChI is InChI=1S/C22H29ClN4O7.CH2O/c1-11(8-19(29)30)24-21(32)17-6-5-7-27(17)22(33)12(2)25-20(31)14-9-15(23)16(26-13(3)28)10-18(14)34-4;1-2/h9-12,17H,5-8H2,1-4H3,(H,24,32)(H,25,31)(H,26,28)(H,29,30);1H2/t11-,12?,17?;/m1./s1. The molecule has 12 nitrogen and oxygen atoms in total. The molecular formula is C23H31ClN4O8. The highest BCUT2D eigenvalue weighted by molar-refractivity contribution is 6.34. The largest absolute Gasteiger partial charge is 0.496 e. The summed E-state index contributed by atoms with van der Waals surface area (Å²) in [5.41, 5.74) is 0.342. The Labute approximate surface area is 213 Å². The number of nitrogens with one attached hydrogen (secondary N) is 3. The first kappa shape index (κ1) is 30.4. The van der Waals surface area contributed by atoms with Crippen LogP contribution in [0.3, 0.4) is 0 Å². The zero-order valence-corrected chi connectivity index (χ0v) is 21.3. The molecule has 1 heterocycles. The molecule has 2 unspecified atom stereocenters. The summed E-state index contributed by atoms with van der Waals surface area (Å²) in [6, 6.07) is 0.440. The Morgan fingerprint density at radius 2 is 1.83 bits per heavy atom. The van der Waals surface area contributed by atoms with Gasteiger partial charge >= 0.3 is 5.97 Å². The highest BCUT2D eigenvalue weighted by atomic mass is 35.5. The molecule has 0 saturated carbocycles. The van der Waals surface area contributed by atoms with Gasteiger partial charge in [-0.1, -0.05) is 11.6 Å². The number of ether oxygens (including phenoxy) is 1. The molecule has 1 fully saturated rings. The fraction of sp³-hybridized carbons (Fsp3) is 0.478. The quantitative estimate of drug-likeness (QED) is 0.372. The summed E-state index contributed by atoms with van der Waals surface area (Å²) in [5.74, 6) is -2.73. The predicted molar refractivity (Wildman–Crippen MR) is 131 cm³/mol. The van der Waals surface area contributed by atoms with E-state index in [1.54, 1.807) is 6.92 Å². The summed E-state index contributed by atoms with van der Waals surface area (Å²) in [6.07, 6.45) is 0.807. The number of carboxylic acids is 1. The minimum absolute atomic E-state index is 0.0689. The molecule has 0 aliphatic carbocycles. The van der Waals surface area contributed by atoms with Crippen LogP contribution in [0.2, 0.25) is 5.02 Å². The number of carboxylic acid groups (broad SMARTS) is 1. The predicted octanol–water partition coefficient (Wildman–Crippen LogP) is 1.21. The Balaban J connectivity index is 0.00000316. The van der Waals surface area contributed by atoms with E-state index in [0.717, 1.165) is 0 Å². The van der Waals surface area contributed by atoms with Gasteiger partial charge in [-0.2, -0.15) is 0 Å². The van der Waals surface area contributed by atoms with Gasteiger partial charge in [-0.3, -0.25) is 24.0 Å². The van der Waals surface area contributed by atoms with E-state index < -0.39 is 41.8 Å². The molecule has 1 aromatic carbocycles. The minimum Gasteiger partial charge on any atom is -0.496 e. The Morgan fingerprint density at radius 1 is 1.19 bits per heavy atom. The van der Waals surface area contributed by atoms with E-state index in [2.05, 4.69) is 16.0 Å². The van der Waals surface area contributed by atoms with E-state index in [1.165, 1.54) is 38.0 Å². The number of hydrogen-bond donors (Lipinski definition) is 4. The Kier molecular flexibility index (Phi) is 11.8. The van der Waals surface area contributed by atoms with Gasteiger partial charge in [0.15, 0.2) is 0 Å². The van der Waals surface area contributed by atoms with Crippen LogP contribution in [-0.4, -0.2) is 78.2 Å². The number of anilines is 1. The SMILES string of the molecule is C=O.COc1cc(NC(C)=O)c(Cl)cc1C(=O)NC(C)C(=O)N1CCCC1C(=O)N[C@H](C)CC(=O)O. The Morgan fingerprint density at radius 3 is 2.39 bits per heavy atom. The van der Waals surface area contributed by atoms with Crippen LogP contribution in [0.25, 0.3) is 0 Å². The van der Waals surface area contributed by atoms with Gasteiger partial charge in [0.1, 0.15) is 24.6 Å². The molecule has 13 heteroatoms. The highest BCUT2D eigenvalue weighted by Crippen LogP contribution is 2.31. The van der Waals surface area contributed by atoms with E-state index in [9.17, 15) is 24.0 Å². The monoisotopic (exact) mass is 526 g/mol. The van der Waals surface area contributed by atoms with E-state index >= 15 is 0 Å². The van der Waals surface area contributed by atoms with Gasteiger partial charge in [0, 0.05) is 25.6 Å². The lowest BCUT2D eigenvalue weighted by atomic mass is 10.1. The molecule has 1 saturated heterocycles. The maximum atomic E-state index is 13.0. The number of benzene rings is 1. The number of likely N-dealkylation sites (tertiary alicyclic amines) is 1. The number of carbonyl (C=O) groups is 6. The molecule has 4 amide bonds. The molecule has 0 bridgehead atoms. The second kappa shape index (κ2) is 14.0. The van der Waals surface area contributed by atoms with Crippen LogP contribution in [0.4, 0.5) is 5.69 Å². The van der Waals surface area contributed by atoms with Gasteiger partial charge in [0.05, 0.1) is 29.8 Å². The number of nitrogens with zero attached hydrogens (tertiary/aromatic N) is 1. The number of hydrogen-bond acceptors (Lipinski definition) is 7. The molecule has 0 aromatic heterocycles. The molecule has 0 radical (unpaired) electrons. The Bertz CT molecular complexity index is 1000. The van der Waals surface area contributed by atoms with Gasteiger partial charge in [-0.25, -0.2) is 0 Å². The number of methoxy groups -OCH3 is 1. The summed E-state index contributed by atoms with van der Waals surface area (Å²) in [6.45, 7) is 6.73. The van der Waals surface area contributed by atoms with Crippen molar-refractivity contribution in [3.8, 4) is 5.75 Å². The summed E-state index contributed by atoms with van der Waals surface area (Å²) in [7, 11) is 1.35.